The van der Waals surface area contributed by atoms with Crippen molar-refractivity contribution in [2.45, 2.75) is 82.9 Å². The average Bonchev–Trinajstić information content (AvgIpc) is 2.39. The molecule has 1 atom stereocenters. The fourth-order valence-corrected chi connectivity index (χ4v) is 2.21. The van der Waals surface area contributed by atoms with Gasteiger partial charge in [-0.1, -0.05) is 71.1 Å². The molecule has 0 bridgehead atoms. The van der Waals surface area contributed by atoms with Crippen molar-refractivity contribution < 1.29 is 40.6 Å². The fourth-order valence-electron chi connectivity index (χ4n) is 2.00. The number of hydrogen-bond acceptors (Lipinski definition) is 3. The number of halogens is 1. The van der Waals surface area contributed by atoms with E-state index in [1.807, 2.05) is 0 Å². The largest absolute Gasteiger partial charge is 1.00 e. The summed E-state index contributed by atoms with van der Waals surface area (Å²) in [5.41, 5.74) is 0. The van der Waals surface area contributed by atoms with Crippen LogP contribution in [0, 0.1) is 0 Å². The number of rotatable bonds is 12. The van der Waals surface area contributed by atoms with Crippen LogP contribution in [0.3, 0.4) is 0 Å². The number of nitrogens with two attached hydrogens (primary N) is 1. The van der Waals surface area contributed by atoms with E-state index in [2.05, 4.69) is 11.8 Å². The van der Waals surface area contributed by atoms with Crippen LogP contribution in [0.1, 0.15) is 79.0 Å². The molecule has 5 heteroatoms. The molecule has 2 N–H and O–H groups in total. The van der Waals surface area contributed by atoms with Crippen molar-refractivity contribution in [3.05, 3.63) is 0 Å². The second kappa shape index (κ2) is 16.8. The van der Waals surface area contributed by atoms with Gasteiger partial charge in [-0.3, -0.25) is 0 Å². The van der Waals surface area contributed by atoms with Crippen molar-refractivity contribution in [3.63, 3.8) is 0 Å². The maximum Gasteiger partial charge on any atom is 1.00 e. The molecular weight excluding hydrogens is 273 g/mol. The Morgan fingerprint density at radius 2 is 1.47 bits per heavy atom. The summed E-state index contributed by atoms with van der Waals surface area (Å²) in [5.74, 6) is 4.24. The van der Waals surface area contributed by atoms with Crippen molar-refractivity contribution in [2.24, 2.45) is 5.90 Å². The summed E-state index contributed by atoms with van der Waals surface area (Å²) in [6.07, 6.45) is 13.4. The monoisotopic (exact) mass is 301 g/mol. The van der Waals surface area contributed by atoms with Crippen LogP contribution in [0.4, 0.5) is 0 Å². The second-order valence-electron chi connectivity index (χ2n) is 4.88. The number of unbranched alkanes of at least 4 members (excludes halogenated alkanes) is 9. The van der Waals surface area contributed by atoms with Crippen molar-refractivity contribution in [3.8, 4) is 0 Å². The summed E-state index contributed by atoms with van der Waals surface area (Å²) in [6, 6.07) is 0. The number of carbonyl (C=O) groups excluding carboxylic acids is 1. The van der Waals surface area contributed by atoms with E-state index in [0.29, 0.717) is 6.42 Å². The molecule has 0 aromatic carbocycles. The molecule has 0 aromatic rings. The summed E-state index contributed by atoms with van der Waals surface area (Å²) < 4.78 is 0. The van der Waals surface area contributed by atoms with Crippen molar-refractivity contribution >= 4 is 17.6 Å². The van der Waals surface area contributed by atoms with E-state index >= 15 is 0 Å². The first kappa shape index (κ1) is 22.0. The molecule has 0 spiro atoms. The maximum atomic E-state index is 10.9. The van der Waals surface area contributed by atoms with Gasteiger partial charge in [0.15, 0.2) is 0 Å². The Labute approximate surface area is 146 Å². The third-order valence-electron chi connectivity index (χ3n) is 3.18. The first-order chi connectivity index (χ1) is 8.72. The van der Waals surface area contributed by atoms with Crippen molar-refractivity contribution in [1.82, 2.24) is 0 Å². The minimum Gasteiger partial charge on any atom is -1.00 e. The molecule has 0 aliphatic carbocycles. The van der Waals surface area contributed by atoms with Crippen LogP contribution in [0.15, 0.2) is 0 Å². The Hall–Kier alpha value is 0.720. The predicted octanol–water partition coefficient (Wildman–Crippen LogP) is 1.44. The zero-order valence-electron chi connectivity index (χ0n) is 13.6. The Morgan fingerprint density at radius 1 is 1.05 bits per heavy atom. The standard InChI is InChI=1S/C14H28ClNO2.Na.H/c1-2-3-4-5-6-7-8-9-10-11-12-13(15)14(17)18-16;;/h13H,2-12,16H2,1H3;;/q;+1;-1. The third kappa shape index (κ3) is 14.9. The molecule has 110 valence electrons. The van der Waals surface area contributed by atoms with E-state index in [4.69, 9.17) is 17.5 Å². The van der Waals surface area contributed by atoms with Gasteiger partial charge in [-0.05, 0) is 6.42 Å². The summed E-state index contributed by atoms with van der Waals surface area (Å²) in [4.78, 5) is 15.0. The minimum atomic E-state index is -0.580. The van der Waals surface area contributed by atoms with Crippen LogP contribution in [-0.4, -0.2) is 11.3 Å². The van der Waals surface area contributed by atoms with Crippen LogP contribution >= 0.6 is 11.6 Å². The van der Waals surface area contributed by atoms with Gasteiger partial charge in [0, 0.05) is 0 Å². The molecule has 0 aliphatic heterocycles. The number of alkyl halides is 1. The summed E-state index contributed by atoms with van der Waals surface area (Å²) in [7, 11) is 0. The van der Waals surface area contributed by atoms with E-state index in [-0.39, 0.29) is 31.0 Å². The molecular formula is C14H29ClNNaO2. The quantitative estimate of drug-likeness (QED) is 0.257. The number of carbonyl (C=O) groups is 1. The van der Waals surface area contributed by atoms with Crippen LogP contribution in [0.5, 0.6) is 0 Å². The molecule has 0 amide bonds. The summed E-state index contributed by atoms with van der Waals surface area (Å²) in [6.45, 7) is 2.24. The Morgan fingerprint density at radius 3 is 1.89 bits per heavy atom. The second-order valence-corrected chi connectivity index (χ2v) is 5.40. The first-order valence-electron chi connectivity index (χ1n) is 7.27. The normalized spacial score (nSPS) is 11.7. The molecule has 19 heavy (non-hydrogen) atoms. The number of hydrogen-bond donors (Lipinski definition) is 1. The molecule has 0 saturated heterocycles. The van der Waals surface area contributed by atoms with E-state index in [1.165, 1.54) is 51.4 Å². The molecule has 0 aliphatic rings. The van der Waals surface area contributed by atoms with Crippen LogP contribution < -0.4 is 35.5 Å². The van der Waals surface area contributed by atoms with Gasteiger partial charge in [0.1, 0.15) is 5.38 Å². The maximum absolute atomic E-state index is 10.9. The third-order valence-corrected chi connectivity index (χ3v) is 3.58. The van der Waals surface area contributed by atoms with Gasteiger partial charge < -0.3 is 6.26 Å². The average molecular weight is 302 g/mol. The van der Waals surface area contributed by atoms with Gasteiger partial charge >= 0.3 is 35.5 Å². The van der Waals surface area contributed by atoms with Gasteiger partial charge in [0.25, 0.3) is 0 Å². The predicted molar refractivity (Wildman–Crippen MR) is 77.5 cm³/mol. The van der Waals surface area contributed by atoms with E-state index in [0.717, 1.165) is 12.8 Å². The topological polar surface area (TPSA) is 52.3 Å². The van der Waals surface area contributed by atoms with Gasteiger partial charge in [-0.15, -0.1) is 11.6 Å². The van der Waals surface area contributed by atoms with E-state index < -0.39 is 11.3 Å². The van der Waals surface area contributed by atoms with Gasteiger partial charge in [-0.25, -0.2) is 4.79 Å². The molecule has 0 heterocycles. The first-order valence-corrected chi connectivity index (χ1v) is 7.70. The molecule has 0 aromatic heterocycles. The Bertz CT molecular complexity index is 212. The molecule has 0 radical (unpaired) electrons. The van der Waals surface area contributed by atoms with E-state index in [9.17, 15) is 4.79 Å². The van der Waals surface area contributed by atoms with Crippen LogP contribution in [0.2, 0.25) is 0 Å². The molecule has 0 saturated carbocycles. The summed E-state index contributed by atoms with van der Waals surface area (Å²) >= 11 is 5.79. The van der Waals surface area contributed by atoms with Gasteiger partial charge in [-0.2, -0.15) is 5.90 Å². The SMILES string of the molecule is CCCCCCCCCCCCC(Cl)C(=O)ON.[H-].[Na+]. The van der Waals surface area contributed by atoms with E-state index in [1.54, 1.807) is 0 Å². The minimum absolute atomic E-state index is 0. The molecule has 3 nitrogen and oxygen atoms in total. The van der Waals surface area contributed by atoms with Crippen LogP contribution in [-0.2, 0) is 9.63 Å². The summed E-state index contributed by atoms with van der Waals surface area (Å²) in [5, 5.41) is -0.580. The van der Waals surface area contributed by atoms with Crippen molar-refractivity contribution in [1.29, 1.82) is 0 Å². The smallest absolute Gasteiger partial charge is 1.00 e. The zero-order valence-corrected chi connectivity index (χ0v) is 15.4. The van der Waals surface area contributed by atoms with Gasteiger partial charge in [0.2, 0.25) is 0 Å². The zero-order chi connectivity index (χ0) is 13.6. The molecule has 0 rings (SSSR count). The Balaban J connectivity index is -0.00000144. The molecule has 0 fully saturated rings. The van der Waals surface area contributed by atoms with Gasteiger partial charge in [0.05, 0.1) is 0 Å². The van der Waals surface area contributed by atoms with Crippen LogP contribution in [0.25, 0.3) is 0 Å². The molecule has 1 unspecified atom stereocenters. The van der Waals surface area contributed by atoms with Crippen molar-refractivity contribution in [2.75, 3.05) is 0 Å². The Kier molecular flexibility index (Phi) is 19.4. The fraction of sp³-hybridized carbons (Fsp3) is 0.929.